The second-order valence-corrected chi connectivity index (χ2v) is 11.0. The van der Waals surface area contributed by atoms with Gasteiger partial charge in [0.05, 0.1) is 25.5 Å². The normalized spacial score (nSPS) is 20.7. The fraction of sp³-hybridized carbons (Fsp3) is 0.552. The van der Waals surface area contributed by atoms with Crippen LogP contribution in [0.2, 0.25) is 0 Å². The first-order valence-corrected chi connectivity index (χ1v) is 13.7. The average molecular weight is 555 g/mol. The Kier molecular flexibility index (Phi) is 9.24. The lowest BCUT2D eigenvalue weighted by atomic mass is 9.90. The zero-order chi connectivity index (χ0) is 28.9. The number of Topliss-reactive ketones (excluding diaryl/α,β-unsaturated/α-hetero) is 1. The third-order valence-corrected chi connectivity index (χ3v) is 7.60. The third-order valence-electron chi connectivity index (χ3n) is 7.60. The quantitative estimate of drug-likeness (QED) is 0.319. The molecule has 216 valence electrons. The van der Waals surface area contributed by atoms with Crippen molar-refractivity contribution in [2.24, 2.45) is 5.92 Å². The van der Waals surface area contributed by atoms with E-state index in [1.807, 2.05) is 12.1 Å². The highest BCUT2D eigenvalue weighted by Crippen LogP contribution is 2.33. The van der Waals surface area contributed by atoms with Gasteiger partial charge in [0, 0.05) is 12.5 Å². The molecule has 4 rings (SSSR count). The molecule has 3 amide bonds. The number of nitrogens with zero attached hydrogens (tertiary/aromatic N) is 1. The van der Waals surface area contributed by atoms with Crippen molar-refractivity contribution in [2.75, 3.05) is 13.7 Å². The Morgan fingerprint density at radius 2 is 1.70 bits per heavy atom. The zero-order valence-electron chi connectivity index (χ0n) is 23.5. The van der Waals surface area contributed by atoms with Gasteiger partial charge in [0.2, 0.25) is 17.6 Å². The molecular formula is C29H38N4O7. The summed E-state index contributed by atoms with van der Waals surface area (Å²) in [5, 5.41) is 11.9. The van der Waals surface area contributed by atoms with Crippen LogP contribution in [0.15, 0.2) is 34.9 Å². The van der Waals surface area contributed by atoms with Gasteiger partial charge in [-0.2, -0.15) is 0 Å². The zero-order valence-corrected chi connectivity index (χ0v) is 23.5. The Morgan fingerprint density at radius 3 is 2.27 bits per heavy atom. The number of ether oxygens (including phenoxy) is 2. The molecule has 2 aliphatic rings. The third kappa shape index (κ3) is 7.47. The van der Waals surface area contributed by atoms with Crippen LogP contribution >= 0.6 is 0 Å². The van der Waals surface area contributed by atoms with Gasteiger partial charge in [-0.3, -0.25) is 19.2 Å². The molecule has 40 heavy (non-hydrogen) atoms. The Labute approximate surface area is 233 Å². The molecule has 0 bridgehead atoms. The Bertz CT molecular complexity index is 1220. The maximum Gasteiger partial charge on any atom is 0.290 e. The first-order chi connectivity index (χ1) is 19.1. The van der Waals surface area contributed by atoms with Crippen LogP contribution in [0.3, 0.4) is 0 Å². The Hall–Kier alpha value is -3.73. The molecule has 2 fully saturated rings. The van der Waals surface area contributed by atoms with E-state index < -0.39 is 41.4 Å². The van der Waals surface area contributed by atoms with E-state index in [2.05, 4.69) is 21.1 Å². The summed E-state index contributed by atoms with van der Waals surface area (Å²) >= 11 is 0. The summed E-state index contributed by atoms with van der Waals surface area (Å²) in [5.74, 6) is -0.796. The maximum atomic E-state index is 13.7. The van der Waals surface area contributed by atoms with Crippen LogP contribution in [-0.4, -0.2) is 66.1 Å². The molecule has 11 heteroatoms. The number of carbonyl (C=O) groups excluding carboxylic acids is 4. The summed E-state index contributed by atoms with van der Waals surface area (Å²) in [4.78, 5) is 52.5. The molecule has 3 N–H and O–H groups in total. The number of ketones is 1. The minimum atomic E-state index is -1.00. The minimum Gasteiger partial charge on any atom is -0.497 e. The number of methoxy groups -OCH3 is 1. The number of hydrogen-bond acceptors (Lipinski definition) is 8. The van der Waals surface area contributed by atoms with Crippen LogP contribution < -0.4 is 20.7 Å². The molecule has 0 spiro atoms. The molecule has 1 aromatic carbocycles. The number of epoxide rings is 1. The van der Waals surface area contributed by atoms with Gasteiger partial charge >= 0.3 is 0 Å². The molecule has 1 saturated heterocycles. The van der Waals surface area contributed by atoms with Gasteiger partial charge in [-0.1, -0.05) is 43.0 Å². The number of aryl methyl sites for hydroxylation is 1. The summed E-state index contributed by atoms with van der Waals surface area (Å²) in [7, 11) is 1.56. The number of amides is 3. The number of nitrogens with one attached hydrogen (secondary N) is 3. The van der Waals surface area contributed by atoms with E-state index in [-0.39, 0.29) is 18.0 Å². The Morgan fingerprint density at radius 1 is 1.05 bits per heavy atom. The second kappa shape index (κ2) is 12.6. The molecular weight excluding hydrogens is 516 g/mol. The first kappa shape index (κ1) is 29.3. The average Bonchev–Trinajstić information content (AvgIpc) is 3.28. The standard InChI is InChI=1S/C29H38N4O7/c1-17-13-24(40-33-17)28(37)30-18(2)26(35)32-23(15-20-9-11-21(38-4)12-10-20)27(36)31-22(14-19-7-5-6-8-19)25(34)29(3)16-39-29/h9-13,18-19,22-23H,5-8,14-16H2,1-4H3,(H,30,37)(H,31,36)(H,32,35)/t18-,22?,23-,29+/m0/s1. The van der Waals surface area contributed by atoms with Crippen LogP contribution in [0.5, 0.6) is 5.75 Å². The highest BCUT2D eigenvalue weighted by molar-refractivity contribution is 5.99. The largest absolute Gasteiger partial charge is 0.497 e. The van der Waals surface area contributed by atoms with Crippen LogP contribution in [0.25, 0.3) is 0 Å². The van der Waals surface area contributed by atoms with E-state index in [0.29, 0.717) is 30.4 Å². The Balaban J connectivity index is 1.48. The lowest BCUT2D eigenvalue weighted by Crippen LogP contribution is -2.57. The minimum absolute atomic E-state index is 0.0197. The molecule has 1 aliphatic carbocycles. The number of aromatic nitrogens is 1. The highest BCUT2D eigenvalue weighted by Gasteiger charge is 2.50. The van der Waals surface area contributed by atoms with E-state index >= 15 is 0 Å². The summed E-state index contributed by atoms with van der Waals surface area (Å²) in [6, 6.07) is 5.93. The summed E-state index contributed by atoms with van der Waals surface area (Å²) in [5.41, 5.74) is 0.431. The van der Waals surface area contributed by atoms with E-state index in [0.717, 1.165) is 31.2 Å². The smallest absolute Gasteiger partial charge is 0.290 e. The molecule has 1 saturated carbocycles. The maximum absolute atomic E-state index is 13.7. The van der Waals surface area contributed by atoms with Crippen molar-refractivity contribution in [3.63, 3.8) is 0 Å². The monoisotopic (exact) mass is 554 g/mol. The molecule has 11 nitrogen and oxygen atoms in total. The van der Waals surface area contributed by atoms with E-state index in [1.54, 1.807) is 33.1 Å². The van der Waals surface area contributed by atoms with Gasteiger partial charge in [0.15, 0.2) is 5.78 Å². The van der Waals surface area contributed by atoms with Crippen molar-refractivity contribution in [3.8, 4) is 5.75 Å². The predicted molar refractivity (Wildman–Crippen MR) is 145 cm³/mol. The SMILES string of the molecule is COc1ccc(C[C@H](NC(=O)[C@H](C)NC(=O)c2cc(C)no2)C(=O)NC(CC2CCCC2)C(=O)[C@@]2(C)CO2)cc1. The van der Waals surface area contributed by atoms with Gasteiger partial charge in [-0.15, -0.1) is 0 Å². The van der Waals surface area contributed by atoms with Crippen LogP contribution in [0.1, 0.15) is 67.8 Å². The van der Waals surface area contributed by atoms with Gasteiger partial charge < -0.3 is 29.9 Å². The predicted octanol–water partition coefficient (Wildman–Crippen LogP) is 2.26. The topological polar surface area (TPSA) is 152 Å². The van der Waals surface area contributed by atoms with Gasteiger partial charge in [-0.25, -0.2) is 0 Å². The fourth-order valence-electron chi connectivity index (χ4n) is 5.01. The van der Waals surface area contributed by atoms with E-state index in [4.69, 9.17) is 14.0 Å². The molecule has 1 aromatic heterocycles. The number of hydrogen-bond donors (Lipinski definition) is 3. The van der Waals surface area contributed by atoms with E-state index in [1.165, 1.54) is 13.0 Å². The van der Waals surface area contributed by atoms with Gasteiger partial charge in [-0.05, 0) is 50.8 Å². The fourth-order valence-corrected chi connectivity index (χ4v) is 5.01. The molecule has 2 aromatic rings. The van der Waals surface area contributed by atoms with Crippen molar-refractivity contribution < 1.29 is 33.2 Å². The molecule has 2 heterocycles. The molecule has 0 radical (unpaired) electrons. The van der Waals surface area contributed by atoms with Gasteiger partial charge in [0.1, 0.15) is 23.4 Å². The second-order valence-electron chi connectivity index (χ2n) is 11.0. The van der Waals surface area contributed by atoms with Crippen molar-refractivity contribution in [1.82, 2.24) is 21.1 Å². The van der Waals surface area contributed by atoms with Crippen molar-refractivity contribution in [2.45, 2.75) is 83.0 Å². The van der Waals surface area contributed by atoms with Crippen LogP contribution in [0, 0.1) is 12.8 Å². The molecule has 4 atom stereocenters. The lowest BCUT2D eigenvalue weighted by Gasteiger charge is -2.26. The highest BCUT2D eigenvalue weighted by atomic mass is 16.6. The van der Waals surface area contributed by atoms with Crippen molar-refractivity contribution >= 4 is 23.5 Å². The lowest BCUT2D eigenvalue weighted by molar-refractivity contribution is -0.133. The van der Waals surface area contributed by atoms with Gasteiger partial charge in [0.25, 0.3) is 5.91 Å². The number of carbonyl (C=O) groups is 4. The number of benzene rings is 1. The van der Waals surface area contributed by atoms with Crippen LogP contribution in [-0.2, 0) is 25.5 Å². The first-order valence-electron chi connectivity index (χ1n) is 13.7. The summed E-state index contributed by atoms with van der Waals surface area (Å²) < 4.78 is 15.6. The van der Waals surface area contributed by atoms with Crippen LogP contribution in [0.4, 0.5) is 0 Å². The van der Waals surface area contributed by atoms with Crippen molar-refractivity contribution in [3.05, 3.63) is 47.3 Å². The number of rotatable bonds is 13. The molecule has 1 aliphatic heterocycles. The van der Waals surface area contributed by atoms with E-state index in [9.17, 15) is 19.2 Å². The van der Waals surface area contributed by atoms with Crippen molar-refractivity contribution in [1.29, 1.82) is 0 Å². The summed E-state index contributed by atoms with van der Waals surface area (Å²) in [6.45, 7) is 5.26. The molecule has 1 unspecified atom stereocenters. The summed E-state index contributed by atoms with van der Waals surface area (Å²) in [6.07, 6.45) is 4.97.